The highest BCUT2D eigenvalue weighted by Gasteiger charge is 2.34. The molecule has 0 radical (unpaired) electrons. The summed E-state index contributed by atoms with van der Waals surface area (Å²) in [6, 6.07) is 2.21. The highest BCUT2D eigenvalue weighted by Crippen LogP contribution is 2.31. The van der Waals surface area contributed by atoms with Crippen molar-refractivity contribution in [3.8, 4) is 0 Å². The number of halogens is 4. The maximum Gasteiger partial charge on any atom is 0.419 e. The van der Waals surface area contributed by atoms with Crippen molar-refractivity contribution in [3.05, 3.63) is 35.1 Å². The first kappa shape index (κ1) is 14.5. The Kier molecular flexibility index (Phi) is 4.69. The summed E-state index contributed by atoms with van der Waals surface area (Å²) in [5.74, 6) is -2.01. The molecule has 0 bridgehead atoms. The van der Waals surface area contributed by atoms with Crippen LogP contribution in [-0.4, -0.2) is 12.5 Å². The van der Waals surface area contributed by atoms with Gasteiger partial charge in [-0.15, -0.1) is 0 Å². The standard InChI is InChI=1S/C12H13F4NO/c1-2-3-6-17-11(18)8-4-5-10(13)9(7-8)12(14,15)16/h4-5,7H,2-3,6H2,1H3,(H,17,18). The van der Waals surface area contributed by atoms with Crippen molar-refractivity contribution in [1.29, 1.82) is 0 Å². The van der Waals surface area contributed by atoms with E-state index in [0.29, 0.717) is 18.7 Å². The van der Waals surface area contributed by atoms with E-state index in [-0.39, 0.29) is 5.56 Å². The Labute approximate surface area is 102 Å². The van der Waals surface area contributed by atoms with Crippen LogP contribution in [0.15, 0.2) is 18.2 Å². The quantitative estimate of drug-likeness (QED) is 0.655. The smallest absolute Gasteiger partial charge is 0.352 e. The fraction of sp³-hybridized carbons (Fsp3) is 0.417. The summed E-state index contributed by atoms with van der Waals surface area (Å²) < 4.78 is 50.3. The third kappa shape index (κ3) is 3.72. The minimum absolute atomic E-state index is 0.195. The highest BCUT2D eigenvalue weighted by molar-refractivity contribution is 5.94. The van der Waals surface area contributed by atoms with Crippen LogP contribution in [-0.2, 0) is 6.18 Å². The van der Waals surface area contributed by atoms with Crippen molar-refractivity contribution in [2.45, 2.75) is 25.9 Å². The third-order valence-electron chi connectivity index (χ3n) is 2.35. The summed E-state index contributed by atoms with van der Waals surface area (Å²) in [6.45, 7) is 2.31. The van der Waals surface area contributed by atoms with Crippen LogP contribution in [0.5, 0.6) is 0 Å². The number of nitrogens with one attached hydrogen (secondary N) is 1. The fourth-order valence-electron chi connectivity index (χ4n) is 1.36. The lowest BCUT2D eigenvalue weighted by Crippen LogP contribution is -2.25. The summed E-state index contributed by atoms with van der Waals surface area (Å²) in [7, 11) is 0. The number of alkyl halides is 3. The zero-order chi connectivity index (χ0) is 13.8. The van der Waals surface area contributed by atoms with Gasteiger partial charge in [-0.3, -0.25) is 4.79 Å². The summed E-state index contributed by atoms with van der Waals surface area (Å²) in [5, 5.41) is 2.47. The van der Waals surface area contributed by atoms with E-state index in [1.807, 2.05) is 6.92 Å². The van der Waals surface area contributed by atoms with Gasteiger partial charge >= 0.3 is 6.18 Å². The maximum absolute atomic E-state index is 13.0. The molecule has 0 unspecified atom stereocenters. The van der Waals surface area contributed by atoms with Crippen LogP contribution in [0.1, 0.15) is 35.7 Å². The van der Waals surface area contributed by atoms with Gasteiger partial charge in [0.15, 0.2) is 0 Å². The molecule has 0 heterocycles. The zero-order valence-electron chi connectivity index (χ0n) is 9.77. The Morgan fingerprint density at radius 3 is 2.56 bits per heavy atom. The number of unbranched alkanes of at least 4 members (excludes halogenated alkanes) is 1. The first-order chi connectivity index (χ1) is 8.36. The number of benzene rings is 1. The van der Waals surface area contributed by atoms with Gasteiger partial charge in [0.2, 0.25) is 0 Å². The molecule has 18 heavy (non-hydrogen) atoms. The molecule has 0 saturated heterocycles. The van der Waals surface area contributed by atoms with Crippen LogP contribution >= 0.6 is 0 Å². The number of rotatable bonds is 4. The van der Waals surface area contributed by atoms with Gasteiger partial charge in [0.05, 0.1) is 5.56 Å². The van der Waals surface area contributed by atoms with E-state index in [1.165, 1.54) is 0 Å². The van der Waals surface area contributed by atoms with E-state index in [9.17, 15) is 22.4 Å². The Morgan fingerprint density at radius 2 is 2.00 bits per heavy atom. The molecular weight excluding hydrogens is 250 g/mol. The number of hydrogen-bond acceptors (Lipinski definition) is 1. The summed E-state index contributed by atoms with van der Waals surface area (Å²) in [5.41, 5.74) is -1.62. The predicted molar refractivity (Wildman–Crippen MR) is 58.6 cm³/mol. The molecule has 0 aliphatic rings. The van der Waals surface area contributed by atoms with Crippen LogP contribution in [0.4, 0.5) is 17.6 Å². The molecule has 1 aromatic rings. The molecule has 2 nitrogen and oxygen atoms in total. The number of amides is 1. The molecular formula is C12H13F4NO. The van der Waals surface area contributed by atoms with Gasteiger partial charge in [-0.25, -0.2) is 4.39 Å². The van der Waals surface area contributed by atoms with E-state index >= 15 is 0 Å². The molecule has 6 heteroatoms. The van der Waals surface area contributed by atoms with Crippen LogP contribution in [0.3, 0.4) is 0 Å². The largest absolute Gasteiger partial charge is 0.419 e. The summed E-state index contributed by atoms with van der Waals surface area (Å²) in [4.78, 5) is 11.5. The van der Waals surface area contributed by atoms with Crippen LogP contribution < -0.4 is 5.32 Å². The van der Waals surface area contributed by atoms with Crippen molar-refractivity contribution in [1.82, 2.24) is 5.32 Å². The molecule has 1 aromatic carbocycles. The van der Waals surface area contributed by atoms with Gasteiger partial charge in [0.25, 0.3) is 5.91 Å². The summed E-state index contributed by atoms with van der Waals surface area (Å²) in [6.07, 6.45) is -3.21. The van der Waals surface area contributed by atoms with Crippen molar-refractivity contribution < 1.29 is 22.4 Å². The topological polar surface area (TPSA) is 29.1 Å². The number of carbonyl (C=O) groups is 1. The average Bonchev–Trinajstić information content (AvgIpc) is 2.28. The third-order valence-corrected chi connectivity index (χ3v) is 2.35. The van der Waals surface area contributed by atoms with E-state index in [0.717, 1.165) is 18.9 Å². The van der Waals surface area contributed by atoms with Crippen LogP contribution in [0, 0.1) is 5.82 Å². The Bertz CT molecular complexity index is 429. The molecule has 0 atom stereocenters. The fourth-order valence-corrected chi connectivity index (χ4v) is 1.36. The van der Waals surface area contributed by atoms with Gasteiger partial charge in [-0.05, 0) is 24.6 Å². The second-order valence-electron chi connectivity index (χ2n) is 3.80. The molecule has 0 aliphatic heterocycles. The second kappa shape index (κ2) is 5.84. The molecule has 1 rings (SSSR count). The SMILES string of the molecule is CCCCNC(=O)c1ccc(F)c(C(F)(F)F)c1. The second-order valence-corrected chi connectivity index (χ2v) is 3.80. The lowest BCUT2D eigenvalue weighted by Gasteiger charge is -2.10. The first-order valence-electron chi connectivity index (χ1n) is 5.51. The number of hydrogen-bond donors (Lipinski definition) is 1. The molecule has 0 aromatic heterocycles. The zero-order valence-corrected chi connectivity index (χ0v) is 9.77. The van der Waals surface area contributed by atoms with Crippen molar-refractivity contribution in [3.63, 3.8) is 0 Å². The van der Waals surface area contributed by atoms with E-state index in [2.05, 4.69) is 5.32 Å². The summed E-state index contributed by atoms with van der Waals surface area (Å²) >= 11 is 0. The first-order valence-corrected chi connectivity index (χ1v) is 5.51. The van der Waals surface area contributed by atoms with Crippen LogP contribution in [0.25, 0.3) is 0 Å². The Morgan fingerprint density at radius 1 is 1.33 bits per heavy atom. The lowest BCUT2D eigenvalue weighted by atomic mass is 10.1. The van der Waals surface area contributed by atoms with E-state index in [1.54, 1.807) is 0 Å². The molecule has 1 amide bonds. The Hall–Kier alpha value is -1.59. The lowest BCUT2D eigenvalue weighted by molar-refractivity contribution is -0.140. The normalized spacial score (nSPS) is 11.4. The van der Waals surface area contributed by atoms with Gasteiger partial charge in [0.1, 0.15) is 5.82 Å². The van der Waals surface area contributed by atoms with Crippen molar-refractivity contribution in [2.24, 2.45) is 0 Å². The van der Waals surface area contributed by atoms with Gasteiger partial charge in [-0.2, -0.15) is 13.2 Å². The van der Waals surface area contributed by atoms with E-state index < -0.39 is 23.5 Å². The maximum atomic E-state index is 13.0. The van der Waals surface area contributed by atoms with Gasteiger partial charge in [-0.1, -0.05) is 13.3 Å². The average molecular weight is 263 g/mol. The Balaban J connectivity index is 2.88. The van der Waals surface area contributed by atoms with Gasteiger partial charge < -0.3 is 5.32 Å². The van der Waals surface area contributed by atoms with Crippen molar-refractivity contribution >= 4 is 5.91 Å². The van der Waals surface area contributed by atoms with Gasteiger partial charge in [0, 0.05) is 12.1 Å². The highest BCUT2D eigenvalue weighted by atomic mass is 19.4. The van der Waals surface area contributed by atoms with Crippen LogP contribution in [0.2, 0.25) is 0 Å². The molecule has 100 valence electrons. The molecule has 0 saturated carbocycles. The predicted octanol–water partition coefficient (Wildman–Crippen LogP) is 3.37. The van der Waals surface area contributed by atoms with E-state index in [4.69, 9.17) is 0 Å². The molecule has 1 N–H and O–H groups in total. The minimum atomic E-state index is -4.80. The molecule has 0 spiro atoms. The number of carbonyl (C=O) groups excluding carboxylic acids is 1. The molecule has 0 fully saturated rings. The van der Waals surface area contributed by atoms with Crippen molar-refractivity contribution in [2.75, 3.05) is 6.54 Å². The minimum Gasteiger partial charge on any atom is -0.352 e. The monoisotopic (exact) mass is 263 g/mol. The molecule has 0 aliphatic carbocycles.